The van der Waals surface area contributed by atoms with Gasteiger partial charge in [-0.3, -0.25) is 4.79 Å². The van der Waals surface area contributed by atoms with Crippen LogP contribution in [0.5, 0.6) is 0 Å². The first-order chi connectivity index (χ1) is 11.6. The summed E-state index contributed by atoms with van der Waals surface area (Å²) in [5, 5.41) is 4.66. The Labute approximate surface area is 143 Å². The molecule has 5 heteroatoms. The first kappa shape index (κ1) is 17.0. The quantitative estimate of drug-likeness (QED) is 0.851. The molecule has 130 valence electrons. The number of hydrogen-bond acceptors (Lipinski definition) is 4. The molecule has 1 fully saturated rings. The first-order valence-electron chi connectivity index (χ1n) is 8.67. The number of benzene rings is 1. The highest BCUT2D eigenvalue weighted by Gasteiger charge is 2.15. The Bertz CT molecular complexity index is 730. The van der Waals surface area contributed by atoms with Crippen LogP contribution in [0.25, 0.3) is 10.9 Å². The van der Waals surface area contributed by atoms with E-state index in [4.69, 9.17) is 4.74 Å². The van der Waals surface area contributed by atoms with Gasteiger partial charge in [0, 0.05) is 44.3 Å². The zero-order valence-corrected chi connectivity index (χ0v) is 14.9. The van der Waals surface area contributed by atoms with Crippen molar-refractivity contribution in [2.75, 3.05) is 39.8 Å². The Hall–Kier alpha value is -1.85. The maximum atomic E-state index is 11.8. The van der Waals surface area contributed by atoms with E-state index in [-0.39, 0.29) is 12.5 Å². The Balaban J connectivity index is 1.89. The summed E-state index contributed by atoms with van der Waals surface area (Å²) in [7, 11) is 1.44. The van der Waals surface area contributed by atoms with Gasteiger partial charge in [0.05, 0.1) is 12.6 Å². The average molecular weight is 329 g/mol. The Morgan fingerprint density at radius 3 is 2.71 bits per heavy atom. The van der Waals surface area contributed by atoms with Gasteiger partial charge in [-0.25, -0.2) is 0 Å². The van der Waals surface area contributed by atoms with E-state index in [1.807, 2.05) is 4.57 Å². The van der Waals surface area contributed by atoms with E-state index in [1.165, 1.54) is 29.2 Å². The van der Waals surface area contributed by atoms with Crippen molar-refractivity contribution in [2.45, 2.75) is 26.8 Å². The van der Waals surface area contributed by atoms with E-state index in [0.717, 1.165) is 44.7 Å². The maximum Gasteiger partial charge on any atom is 0.325 e. The molecule has 1 aliphatic rings. The minimum atomic E-state index is -0.208. The molecule has 0 atom stereocenters. The molecule has 3 rings (SSSR count). The Kier molecular flexibility index (Phi) is 5.21. The number of hydrogen-bond donors (Lipinski definition) is 1. The van der Waals surface area contributed by atoms with Gasteiger partial charge in [0.25, 0.3) is 0 Å². The van der Waals surface area contributed by atoms with Crippen LogP contribution in [-0.4, -0.2) is 55.3 Å². The molecule has 2 heterocycles. The smallest absolute Gasteiger partial charge is 0.325 e. The second-order valence-electron chi connectivity index (χ2n) is 6.68. The summed E-state index contributed by atoms with van der Waals surface area (Å²) in [6.07, 6.45) is 3.14. The molecule has 1 aliphatic heterocycles. The number of rotatable bonds is 5. The second kappa shape index (κ2) is 7.36. The van der Waals surface area contributed by atoms with E-state index >= 15 is 0 Å². The third kappa shape index (κ3) is 3.62. The highest BCUT2D eigenvalue weighted by atomic mass is 16.5. The molecule has 0 unspecified atom stereocenters. The number of aryl methyl sites for hydroxylation is 2. The number of aromatic nitrogens is 1. The summed E-state index contributed by atoms with van der Waals surface area (Å²) < 4.78 is 6.90. The van der Waals surface area contributed by atoms with Crippen LogP contribution in [0.4, 0.5) is 0 Å². The molecule has 24 heavy (non-hydrogen) atoms. The number of methoxy groups -OCH3 is 1. The van der Waals surface area contributed by atoms with Crippen LogP contribution in [0.15, 0.2) is 18.3 Å². The van der Waals surface area contributed by atoms with Gasteiger partial charge in [-0.15, -0.1) is 0 Å². The number of esters is 1. The zero-order valence-electron chi connectivity index (χ0n) is 14.9. The molecule has 0 spiro atoms. The molecular weight excluding hydrogens is 302 g/mol. The first-order valence-corrected chi connectivity index (χ1v) is 8.67. The van der Waals surface area contributed by atoms with Crippen molar-refractivity contribution in [3.8, 4) is 0 Å². The van der Waals surface area contributed by atoms with Crippen LogP contribution < -0.4 is 5.32 Å². The molecule has 0 saturated carbocycles. The topological polar surface area (TPSA) is 46.5 Å². The lowest BCUT2D eigenvalue weighted by Gasteiger charge is -2.26. The molecule has 0 aliphatic carbocycles. The van der Waals surface area contributed by atoms with Crippen LogP contribution in [0, 0.1) is 13.8 Å². The third-order valence-corrected chi connectivity index (χ3v) is 4.82. The summed E-state index contributed by atoms with van der Waals surface area (Å²) in [6, 6.07) is 4.42. The van der Waals surface area contributed by atoms with E-state index in [1.54, 1.807) is 0 Å². The van der Waals surface area contributed by atoms with E-state index in [2.05, 4.69) is 42.4 Å². The number of piperazine rings is 1. The molecule has 0 radical (unpaired) electrons. The van der Waals surface area contributed by atoms with Crippen molar-refractivity contribution in [1.82, 2.24) is 14.8 Å². The van der Waals surface area contributed by atoms with Gasteiger partial charge in [-0.1, -0.05) is 11.6 Å². The molecule has 0 amide bonds. The maximum absolute atomic E-state index is 11.8. The number of nitrogens with zero attached hydrogens (tertiary/aromatic N) is 2. The van der Waals surface area contributed by atoms with Gasteiger partial charge >= 0.3 is 5.97 Å². The molecule has 5 nitrogen and oxygen atoms in total. The van der Waals surface area contributed by atoms with Crippen LogP contribution in [-0.2, 0) is 22.5 Å². The van der Waals surface area contributed by atoms with Crippen molar-refractivity contribution < 1.29 is 9.53 Å². The van der Waals surface area contributed by atoms with Crippen LogP contribution in [0.3, 0.4) is 0 Å². The Morgan fingerprint density at radius 2 is 2.00 bits per heavy atom. The largest absolute Gasteiger partial charge is 0.468 e. The van der Waals surface area contributed by atoms with Crippen LogP contribution >= 0.6 is 0 Å². The fourth-order valence-electron chi connectivity index (χ4n) is 3.65. The molecule has 1 saturated heterocycles. The van der Waals surface area contributed by atoms with Crippen LogP contribution in [0.2, 0.25) is 0 Å². The van der Waals surface area contributed by atoms with Crippen molar-refractivity contribution >= 4 is 16.9 Å². The van der Waals surface area contributed by atoms with Gasteiger partial charge in [0.15, 0.2) is 0 Å². The van der Waals surface area contributed by atoms with Crippen LogP contribution in [0.1, 0.15) is 16.7 Å². The lowest BCUT2D eigenvalue weighted by atomic mass is 10.0. The average Bonchev–Trinajstić information content (AvgIpc) is 2.91. The number of carbonyl (C=O) groups is 1. The highest BCUT2D eigenvalue weighted by Crippen LogP contribution is 2.27. The monoisotopic (exact) mass is 329 g/mol. The van der Waals surface area contributed by atoms with Gasteiger partial charge in [-0.2, -0.15) is 0 Å². The Morgan fingerprint density at radius 1 is 1.25 bits per heavy atom. The second-order valence-corrected chi connectivity index (χ2v) is 6.68. The third-order valence-electron chi connectivity index (χ3n) is 4.82. The normalized spacial score (nSPS) is 15.8. The minimum absolute atomic E-state index is 0.208. The molecule has 1 aromatic carbocycles. The zero-order chi connectivity index (χ0) is 17.1. The molecule has 2 aromatic rings. The lowest BCUT2D eigenvalue weighted by molar-refractivity contribution is -0.141. The van der Waals surface area contributed by atoms with E-state index in [9.17, 15) is 4.79 Å². The highest BCUT2D eigenvalue weighted by molar-refractivity contribution is 5.88. The lowest BCUT2D eigenvalue weighted by Crippen LogP contribution is -2.44. The fraction of sp³-hybridized carbons (Fsp3) is 0.526. The number of carbonyl (C=O) groups excluding carboxylic acids is 1. The minimum Gasteiger partial charge on any atom is -0.468 e. The number of ether oxygens (including phenoxy) is 1. The standard InChI is InChI=1S/C19H27N3O2/c1-14-10-15(2)19-17(11-14)16(12-22(19)13-18(23)24-3)4-7-21-8-5-20-6-9-21/h10-12,20H,4-9,13H2,1-3H3. The van der Waals surface area contributed by atoms with E-state index in [0.29, 0.717) is 0 Å². The number of nitrogens with one attached hydrogen (secondary N) is 1. The summed E-state index contributed by atoms with van der Waals surface area (Å²) in [5.74, 6) is -0.208. The SMILES string of the molecule is COC(=O)Cn1cc(CCN2CCNCC2)c2cc(C)cc(C)c21. The van der Waals surface area contributed by atoms with Gasteiger partial charge in [0.2, 0.25) is 0 Å². The van der Waals surface area contributed by atoms with Crippen molar-refractivity contribution in [1.29, 1.82) is 0 Å². The fourth-order valence-corrected chi connectivity index (χ4v) is 3.65. The summed E-state index contributed by atoms with van der Waals surface area (Å²) in [4.78, 5) is 14.3. The summed E-state index contributed by atoms with van der Waals surface area (Å²) in [5.41, 5.74) is 4.95. The van der Waals surface area contributed by atoms with Crippen molar-refractivity contribution in [2.24, 2.45) is 0 Å². The molecule has 1 aromatic heterocycles. The predicted octanol–water partition coefficient (Wildman–Crippen LogP) is 1.88. The molecule has 0 bridgehead atoms. The summed E-state index contributed by atoms with van der Waals surface area (Å²) >= 11 is 0. The molecular formula is C19H27N3O2. The van der Waals surface area contributed by atoms with Gasteiger partial charge in [-0.05, 0) is 37.5 Å². The summed E-state index contributed by atoms with van der Waals surface area (Å²) in [6.45, 7) is 9.94. The van der Waals surface area contributed by atoms with Gasteiger partial charge in [0.1, 0.15) is 6.54 Å². The number of fused-ring (bicyclic) bond motifs is 1. The van der Waals surface area contributed by atoms with E-state index < -0.39 is 0 Å². The predicted molar refractivity (Wildman–Crippen MR) is 96.4 cm³/mol. The van der Waals surface area contributed by atoms with Crippen molar-refractivity contribution in [3.05, 3.63) is 35.0 Å². The molecule has 1 N–H and O–H groups in total. The van der Waals surface area contributed by atoms with Crippen molar-refractivity contribution in [3.63, 3.8) is 0 Å². The van der Waals surface area contributed by atoms with Gasteiger partial charge < -0.3 is 19.5 Å².